The molecule has 0 heterocycles. The highest BCUT2D eigenvalue weighted by molar-refractivity contribution is 7.87. The molecule has 158 valence electrons. The van der Waals surface area contributed by atoms with E-state index in [1.807, 2.05) is 0 Å². The van der Waals surface area contributed by atoms with Crippen LogP contribution in [0, 0.1) is 0 Å². The van der Waals surface area contributed by atoms with Crippen molar-refractivity contribution in [2.24, 2.45) is 0 Å². The van der Waals surface area contributed by atoms with E-state index in [0.717, 1.165) is 24.3 Å². The summed E-state index contributed by atoms with van der Waals surface area (Å²) in [5.41, 5.74) is -0.00460. The Balaban J connectivity index is 2.68. The minimum Gasteiger partial charge on any atom is -0.355 e. The molecule has 30 heavy (non-hydrogen) atoms. The van der Waals surface area contributed by atoms with Crippen LogP contribution >= 0.6 is 0 Å². The Morgan fingerprint density at radius 3 is 1.27 bits per heavy atom. The molecule has 0 radical (unpaired) electrons. The van der Waals surface area contributed by atoms with Gasteiger partial charge in [0.15, 0.2) is 0 Å². The lowest BCUT2D eigenvalue weighted by Crippen LogP contribution is -2.18. The highest BCUT2D eigenvalue weighted by atomic mass is 32.2. The van der Waals surface area contributed by atoms with Crippen LogP contribution in [0.5, 0.6) is 0 Å². The summed E-state index contributed by atoms with van der Waals surface area (Å²) in [6.07, 6.45) is 0. The molecule has 12 heteroatoms. The number of carbonyl (C=O) groups excluding carboxylic acids is 2. The predicted molar refractivity (Wildman–Crippen MR) is 108 cm³/mol. The number of hydrogen-bond acceptors (Lipinski definition) is 6. The molecule has 3 rings (SSSR count). The van der Waals surface area contributed by atoms with E-state index in [1.165, 1.54) is 26.2 Å². The van der Waals surface area contributed by atoms with Crippen molar-refractivity contribution in [1.82, 2.24) is 10.6 Å². The average Bonchev–Trinajstić information content (AvgIpc) is 2.67. The van der Waals surface area contributed by atoms with Gasteiger partial charge >= 0.3 is 0 Å². The van der Waals surface area contributed by atoms with Crippen LogP contribution in [-0.4, -0.2) is 51.9 Å². The van der Waals surface area contributed by atoms with Crippen LogP contribution in [0.15, 0.2) is 46.2 Å². The van der Waals surface area contributed by atoms with Gasteiger partial charge in [-0.05, 0) is 24.3 Å². The zero-order valence-corrected chi connectivity index (χ0v) is 17.3. The maximum atomic E-state index is 12.2. The van der Waals surface area contributed by atoms with Crippen LogP contribution in [0.25, 0.3) is 21.5 Å². The van der Waals surface area contributed by atoms with E-state index in [1.54, 1.807) is 0 Å². The molecule has 0 spiro atoms. The van der Waals surface area contributed by atoms with E-state index >= 15 is 0 Å². The summed E-state index contributed by atoms with van der Waals surface area (Å²) >= 11 is 0. The first kappa shape index (κ1) is 21.6. The largest absolute Gasteiger partial charge is 0.355 e. The first-order valence-electron chi connectivity index (χ1n) is 8.32. The number of benzene rings is 3. The molecule has 0 saturated heterocycles. The van der Waals surface area contributed by atoms with Gasteiger partial charge in [0.25, 0.3) is 32.1 Å². The van der Waals surface area contributed by atoms with Crippen molar-refractivity contribution in [3.05, 3.63) is 47.5 Å². The van der Waals surface area contributed by atoms with Crippen LogP contribution in [0.1, 0.15) is 20.7 Å². The first-order chi connectivity index (χ1) is 13.9. The Morgan fingerprint density at radius 2 is 1.00 bits per heavy atom. The summed E-state index contributed by atoms with van der Waals surface area (Å²) in [6.45, 7) is 0. The van der Waals surface area contributed by atoms with Crippen molar-refractivity contribution in [3.8, 4) is 0 Å². The minimum atomic E-state index is -4.91. The second-order valence-electron chi connectivity index (χ2n) is 6.29. The molecular weight excluding hydrogens is 436 g/mol. The second kappa shape index (κ2) is 7.32. The Kier molecular flexibility index (Phi) is 5.28. The first-order valence-corrected chi connectivity index (χ1v) is 11.2. The summed E-state index contributed by atoms with van der Waals surface area (Å²) in [6, 6.07) is 6.94. The molecule has 0 unspecified atom stereocenters. The standard InChI is InChI=1S/C18H16N2O8S2/c1-19-17(21)9-3-5-11-13(7-9)15(29(23,24)25)12-6-4-10(18(22)20-2)8-14(12)16(11)30(26,27)28/h3-8H,1-2H3,(H,19,21)(H,20,22)(H,23,24,25)(H,26,27,28). The van der Waals surface area contributed by atoms with Gasteiger partial charge < -0.3 is 10.6 Å². The zero-order valence-electron chi connectivity index (χ0n) is 15.6. The lowest BCUT2D eigenvalue weighted by molar-refractivity contribution is 0.0955. The lowest BCUT2D eigenvalue weighted by atomic mass is 9.99. The van der Waals surface area contributed by atoms with Crippen LogP contribution in [0.4, 0.5) is 0 Å². The van der Waals surface area contributed by atoms with Crippen LogP contribution in [0.3, 0.4) is 0 Å². The summed E-state index contributed by atoms with van der Waals surface area (Å²) in [7, 11) is -7.13. The van der Waals surface area contributed by atoms with E-state index in [0.29, 0.717) is 0 Å². The van der Waals surface area contributed by atoms with E-state index in [2.05, 4.69) is 10.6 Å². The van der Waals surface area contributed by atoms with E-state index in [9.17, 15) is 35.5 Å². The Bertz CT molecular complexity index is 1330. The third kappa shape index (κ3) is 3.61. The number of hydrogen-bond donors (Lipinski definition) is 4. The number of rotatable bonds is 4. The van der Waals surface area contributed by atoms with Crippen LogP contribution in [0.2, 0.25) is 0 Å². The third-order valence-electron chi connectivity index (χ3n) is 4.51. The summed E-state index contributed by atoms with van der Waals surface area (Å²) in [5, 5.41) is 3.63. The molecule has 0 aromatic heterocycles. The Hall–Kier alpha value is -3.06. The highest BCUT2D eigenvalue weighted by Crippen LogP contribution is 2.39. The van der Waals surface area contributed by atoms with Crippen molar-refractivity contribution in [2.45, 2.75) is 9.79 Å². The van der Waals surface area contributed by atoms with Gasteiger partial charge in [-0.25, -0.2) is 0 Å². The van der Waals surface area contributed by atoms with Crippen LogP contribution in [-0.2, 0) is 20.2 Å². The fourth-order valence-electron chi connectivity index (χ4n) is 3.28. The van der Waals surface area contributed by atoms with Crippen LogP contribution < -0.4 is 10.6 Å². The second-order valence-corrected chi connectivity index (χ2v) is 9.00. The maximum Gasteiger partial charge on any atom is 0.295 e. The molecule has 3 aromatic rings. The topological polar surface area (TPSA) is 167 Å². The SMILES string of the molecule is CNC(=O)c1ccc2c(S(=O)(=O)O)c3cc(C(=O)NC)ccc3c(S(=O)(=O)O)c2c1. The molecule has 2 amide bonds. The van der Waals surface area contributed by atoms with Gasteiger partial charge in [0.2, 0.25) is 0 Å². The molecule has 4 N–H and O–H groups in total. The molecular formula is C18H16N2O8S2. The molecule has 3 aromatic carbocycles. The maximum absolute atomic E-state index is 12.2. The Morgan fingerprint density at radius 1 is 0.667 bits per heavy atom. The van der Waals surface area contributed by atoms with Gasteiger partial charge in [-0.15, -0.1) is 0 Å². The Labute approximate surface area is 171 Å². The monoisotopic (exact) mass is 452 g/mol. The van der Waals surface area contributed by atoms with Gasteiger partial charge in [0, 0.05) is 46.8 Å². The van der Waals surface area contributed by atoms with Crippen molar-refractivity contribution in [3.63, 3.8) is 0 Å². The quantitative estimate of drug-likeness (QED) is 0.338. The van der Waals surface area contributed by atoms with E-state index < -0.39 is 41.8 Å². The molecule has 0 aliphatic rings. The van der Waals surface area contributed by atoms with Gasteiger partial charge in [0.1, 0.15) is 9.79 Å². The van der Waals surface area contributed by atoms with Gasteiger partial charge in [0.05, 0.1) is 0 Å². The summed E-state index contributed by atoms with van der Waals surface area (Å²) in [4.78, 5) is 22.6. The molecule has 0 aliphatic carbocycles. The van der Waals surface area contributed by atoms with Gasteiger partial charge in [-0.3, -0.25) is 18.7 Å². The zero-order chi connectivity index (χ0) is 22.4. The number of nitrogens with one attached hydrogen (secondary N) is 2. The smallest absolute Gasteiger partial charge is 0.295 e. The minimum absolute atomic E-state index is 0.00230. The summed E-state index contributed by atoms with van der Waals surface area (Å²) < 4.78 is 68.6. The third-order valence-corrected chi connectivity index (χ3v) is 6.42. The molecule has 0 fully saturated rings. The summed E-state index contributed by atoms with van der Waals surface area (Å²) in [5.74, 6) is -1.16. The number of amides is 2. The average molecular weight is 452 g/mol. The number of fused-ring (bicyclic) bond motifs is 2. The molecule has 0 atom stereocenters. The van der Waals surface area contributed by atoms with E-state index in [-0.39, 0.29) is 32.7 Å². The van der Waals surface area contributed by atoms with Gasteiger partial charge in [-0.2, -0.15) is 16.8 Å². The lowest BCUT2D eigenvalue weighted by Gasteiger charge is -2.15. The molecule has 0 aliphatic heterocycles. The van der Waals surface area contributed by atoms with Gasteiger partial charge in [-0.1, -0.05) is 12.1 Å². The highest BCUT2D eigenvalue weighted by Gasteiger charge is 2.28. The normalized spacial score (nSPS) is 12.1. The predicted octanol–water partition coefficient (Wildman–Crippen LogP) is 1.21. The molecule has 0 bridgehead atoms. The van der Waals surface area contributed by atoms with Crippen molar-refractivity contribution >= 4 is 53.6 Å². The fourth-order valence-corrected chi connectivity index (χ4v) is 5.08. The van der Waals surface area contributed by atoms with E-state index in [4.69, 9.17) is 0 Å². The molecule has 0 saturated carbocycles. The van der Waals surface area contributed by atoms with Crippen molar-refractivity contribution < 1.29 is 35.5 Å². The van der Waals surface area contributed by atoms with Crippen molar-refractivity contribution in [2.75, 3.05) is 14.1 Å². The fraction of sp³-hybridized carbons (Fsp3) is 0.111. The molecule has 10 nitrogen and oxygen atoms in total. The number of carbonyl (C=O) groups is 2. The van der Waals surface area contributed by atoms with Crippen molar-refractivity contribution in [1.29, 1.82) is 0 Å².